The molecule has 0 radical (unpaired) electrons. The molecule has 0 amide bonds. The molecule has 0 saturated heterocycles. The SMILES string of the molecule is CC(C)Nc1ncc(-c2ccc3ccccc3c2)cc1C(C)C. The van der Waals surface area contributed by atoms with Crippen molar-refractivity contribution in [3.05, 3.63) is 60.3 Å². The monoisotopic (exact) mass is 304 g/mol. The molecule has 0 bridgehead atoms. The van der Waals surface area contributed by atoms with Gasteiger partial charge in [-0.1, -0.05) is 50.2 Å². The predicted octanol–water partition coefficient (Wildman–Crippen LogP) is 5.85. The normalized spacial score (nSPS) is 11.4. The lowest BCUT2D eigenvalue weighted by atomic mass is 9.97. The maximum Gasteiger partial charge on any atom is 0.129 e. The highest BCUT2D eigenvalue weighted by Gasteiger charge is 2.11. The van der Waals surface area contributed by atoms with Crippen LogP contribution in [0.15, 0.2) is 54.7 Å². The summed E-state index contributed by atoms with van der Waals surface area (Å²) >= 11 is 0. The van der Waals surface area contributed by atoms with E-state index in [1.165, 1.54) is 27.5 Å². The number of benzene rings is 2. The van der Waals surface area contributed by atoms with Gasteiger partial charge in [0.15, 0.2) is 0 Å². The molecular formula is C21H24N2. The first kappa shape index (κ1) is 15.5. The minimum atomic E-state index is 0.381. The van der Waals surface area contributed by atoms with Crippen LogP contribution in [-0.2, 0) is 0 Å². The number of nitrogens with one attached hydrogen (secondary N) is 1. The van der Waals surface area contributed by atoms with Crippen LogP contribution < -0.4 is 5.32 Å². The van der Waals surface area contributed by atoms with Gasteiger partial charge in [-0.2, -0.15) is 0 Å². The van der Waals surface area contributed by atoms with Crippen LogP contribution in [0.25, 0.3) is 21.9 Å². The van der Waals surface area contributed by atoms with Gasteiger partial charge in [0.2, 0.25) is 0 Å². The minimum absolute atomic E-state index is 0.381. The summed E-state index contributed by atoms with van der Waals surface area (Å²) < 4.78 is 0. The number of pyridine rings is 1. The van der Waals surface area contributed by atoms with Crippen LogP contribution in [0.2, 0.25) is 0 Å². The summed E-state index contributed by atoms with van der Waals surface area (Å²) in [6.45, 7) is 8.71. The molecule has 2 nitrogen and oxygen atoms in total. The van der Waals surface area contributed by atoms with Gasteiger partial charge in [0.05, 0.1) is 0 Å². The average Bonchev–Trinajstić information content (AvgIpc) is 2.54. The third-order valence-electron chi connectivity index (χ3n) is 4.05. The van der Waals surface area contributed by atoms with Crippen LogP contribution in [0.5, 0.6) is 0 Å². The Morgan fingerprint density at radius 1 is 0.826 bits per heavy atom. The highest BCUT2D eigenvalue weighted by atomic mass is 15.0. The summed E-state index contributed by atoms with van der Waals surface area (Å²) in [7, 11) is 0. The summed E-state index contributed by atoms with van der Waals surface area (Å²) in [6, 6.07) is 17.7. The maximum absolute atomic E-state index is 4.69. The number of anilines is 1. The Balaban J connectivity index is 2.05. The van der Waals surface area contributed by atoms with E-state index in [9.17, 15) is 0 Å². The van der Waals surface area contributed by atoms with Crippen molar-refractivity contribution in [1.82, 2.24) is 4.98 Å². The first-order chi connectivity index (χ1) is 11.0. The summed E-state index contributed by atoms with van der Waals surface area (Å²) in [5, 5.41) is 5.99. The van der Waals surface area contributed by atoms with Crippen molar-refractivity contribution >= 4 is 16.6 Å². The molecular weight excluding hydrogens is 280 g/mol. The lowest BCUT2D eigenvalue weighted by Gasteiger charge is -2.17. The van der Waals surface area contributed by atoms with E-state index in [4.69, 9.17) is 0 Å². The molecule has 2 heteroatoms. The Hall–Kier alpha value is -2.35. The van der Waals surface area contributed by atoms with Gasteiger partial charge in [-0.3, -0.25) is 0 Å². The molecule has 0 saturated carbocycles. The molecule has 1 aromatic heterocycles. The summed E-state index contributed by atoms with van der Waals surface area (Å²) in [5.74, 6) is 1.43. The van der Waals surface area contributed by atoms with E-state index in [0.29, 0.717) is 12.0 Å². The molecule has 0 aliphatic carbocycles. The van der Waals surface area contributed by atoms with E-state index >= 15 is 0 Å². The van der Waals surface area contributed by atoms with Crippen LogP contribution in [0.1, 0.15) is 39.2 Å². The third-order valence-corrected chi connectivity index (χ3v) is 4.05. The maximum atomic E-state index is 4.69. The Labute approximate surface area is 138 Å². The standard InChI is InChI=1S/C21H24N2/c1-14(2)20-12-19(13-22-21(20)23-15(3)4)18-10-9-16-7-5-6-8-17(16)11-18/h5-15H,1-4H3,(H,22,23). The Morgan fingerprint density at radius 2 is 1.57 bits per heavy atom. The molecule has 0 atom stereocenters. The average molecular weight is 304 g/mol. The molecule has 0 spiro atoms. The predicted molar refractivity (Wildman–Crippen MR) is 100 cm³/mol. The molecule has 0 unspecified atom stereocenters. The van der Waals surface area contributed by atoms with Gasteiger partial charge in [0.1, 0.15) is 5.82 Å². The van der Waals surface area contributed by atoms with Gasteiger partial charge in [-0.15, -0.1) is 0 Å². The fourth-order valence-corrected chi connectivity index (χ4v) is 2.84. The fourth-order valence-electron chi connectivity index (χ4n) is 2.84. The zero-order valence-corrected chi connectivity index (χ0v) is 14.3. The van der Waals surface area contributed by atoms with Crippen LogP contribution in [0, 0.1) is 0 Å². The minimum Gasteiger partial charge on any atom is -0.368 e. The van der Waals surface area contributed by atoms with Crippen molar-refractivity contribution in [1.29, 1.82) is 0 Å². The van der Waals surface area contributed by atoms with Gasteiger partial charge in [-0.05, 0) is 53.8 Å². The van der Waals surface area contributed by atoms with E-state index < -0.39 is 0 Å². The molecule has 3 rings (SSSR count). The second kappa shape index (κ2) is 6.41. The lowest BCUT2D eigenvalue weighted by Crippen LogP contribution is -2.13. The van der Waals surface area contributed by atoms with Crippen LogP contribution >= 0.6 is 0 Å². The zero-order valence-electron chi connectivity index (χ0n) is 14.3. The lowest BCUT2D eigenvalue weighted by molar-refractivity contribution is 0.834. The van der Waals surface area contributed by atoms with Gasteiger partial charge in [-0.25, -0.2) is 4.98 Å². The fraction of sp³-hybridized carbons (Fsp3) is 0.286. The Morgan fingerprint density at radius 3 is 2.26 bits per heavy atom. The van der Waals surface area contributed by atoms with Crippen molar-refractivity contribution in [2.75, 3.05) is 5.32 Å². The largest absolute Gasteiger partial charge is 0.368 e. The molecule has 1 heterocycles. The molecule has 23 heavy (non-hydrogen) atoms. The second-order valence-corrected chi connectivity index (χ2v) is 6.68. The van der Waals surface area contributed by atoms with Crippen molar-refractivity contribution in [3.8, 4) is 11.1 Å². The smallest absolute Gasteiger partial charge is 0.129 e. The van der Waals surface area contributed by atoms with Crippen molar-refractivity contribution < 1.29 is 0 Å². The van der Waals surface area contributed by atoms with E-state index in [1.54, 1.807) is 0 Å². The van der Waals surface area contributed by atoms with Crippen molar-refractivity contribution in [2.45, 2.75) is 39.7 Å². The molecule has 118 valence electrons. The van der Waals surface area contributed by atoms with E-state index in [2.05, 4.69) is 86.5 Å². The number of hydrogen-bond acceptors (Lipinski definition) is 2. The number of nitrogens with zero attached hydrogens (tertiary/aromatic N) is 1. The van der Waals surface area contributed by atoms with Gasteiger partial charge in [0, 0.05) is 17.8 Å². The van der Waals surface area contributed by atoms with E-state index in [0.717, 1.165) is 5.82 Å². The van der Waals surface area contributed by atoms with Gasteiger partial charge >= 0.3 is 0 Å². The van der Waals surface area contributed by atoms with Crippen molar-refractivity contribution in [2.24, 2.45) is 0 Å². The first-order valence-corrected chi connectivity index (χ1v) is 8.30. The topological polar surface area (TPSA) is 24.9 Å². The Bertz CT molecular complexity index is 819. The molecule has 2 aromatic carbocycles. The Kier molecular flexibility index (Phi) is 4.33. The second-order valence-electron chi connectivity index (χ2n) is 6.68. The first-order valence-electron chi connectivity index (χ1n) is 8.30. The third kappa shape index (κ3) is 3.37. The van der Waals surface area contributed by atoms with E-state index in [-0.39, 0.29) is 0 Å². The highest BCUT2D eigenvalue weighted by molar-refractivity contribution is 5.87. The van der Waals surface area contributed by atoms with Crippen LogP contribution in [0.4, 0.5) is 5.82 Å². The van der Waals surface area contributed by atoms with Crippen LogP contribution in [-0.4, -0.2) is 11.0 Å². The number of fused-ring (bicyclic) bond motifs is 1. The number of rotatable bonds is 4. The number of hydrogen-bond donors (Lipinski definition) is 1. The summed E-state index contributed by atoms with van der Waals surface area (Å²) in [5.41, 5.74) is 3.66. The zero-order chi connectivity index (χ0) is 16.4. The molecule has 0 aliphatic rings. The van der Waals surface area contributed by atoms with Gasteiger partial charge < -0.3 is 5.32 Å². The molecule has 1 N–H and O–H groups in total. The van der Waals surface area contributed by atoms with E-state index in [1.807, 2.05) is 6.20 Å². The van der Waals surface area contributed by atoms with Crippen LogP contribution in [0.3, 0.4) is 0 Å². The summed E-state index contributed by atoms with van der Waals surface area (Å²) in [4.78, 5) is 4.69. The quantitative estimate of drug-likeness (QED) is 0.654. The molecule has 0 fully saturated rings. The molecule has 0 aliphatic heterocycles. The van der Waals surface area contributed by atoms with Crippen molar-refractivity contribution in [3.63, 3.8) is 0 Å². The number of aromatic nitrogens is 1. The van der Waals surface area contributed by atoms with Gasteiger partial charge in [0.25, 0.3) is 0 Å². The molecule has 3 aromatic rings. The highest BCUT2D eigenvalue weighted by Crippen LogP contribution is 2.30. The summed E-state index contributed by atoms with van der Waals surface area (Å²) in [6.07, 6.45) is 1.97.